The van der Waals surface area contributed by atoms with Crippen molar-refractivity contribution in [2.75, 3.05) is 0 Å². The van der Waals surface area contributed by atoms with E-state index in [-0.39, 0.29) is 0 Å². The van der Waals surface area contributed by atoms with Gasteiger partial charge in [-0.05, 0) is 47.0 Å². The van der Waals surface area contributed by atoms with Crippen LogP contribution in [0.1, 0.15) is 31.9 Å². The third kappa shape index (κ3) is 2.57. The summed E-state index contributed by atoms with van der Waals surface area (Å²) in [6, 6.07) is 7.38. The number of aliphatic hydroxyl groups excluding tert-OH is 1. The largest absolute Gasteiger partial charge is 0.387 e. The van der Waals surface area contributed by atoms with Gasteiger partial charge in [-0.2, -0.15) is 5.26 Å². The molecule has 0 aliphatic heterocycles. The minimum atomic E-state index is -0.826. The summed E-state index contributed by atoms with van der Waals surface area (Å²) in [5, 5.41) is 19.8. The van der Waals surface area contributed by atoms with Crippen LogP contribution in [0.3, 0.4) is 0 Å². The molecule has 0 saturated heterocycles. The van der Waals surface area contributed by atoms with Crippen LogP contribution < -0.4 is 0 Å². The van der Waals surface area contributed by atoms with Gasteiger partial charge in [-0.15, -0.1) is 0 Å². The first kappa shape index (κ1) is 13.5. The Labute approximate surface area is 109 Å². The fourth-order valence-corrected chi connectivity index (χ4v) is 1.82. The maximum Gasteiger partial charge on any atom is 0.0974 e. The van der Waals surface area contributed by atoms with Gasteiger partial charge in [0.1, 0.15) is 0 Å². The standard InChI is InChI=1S/C12H13BrClNO/c1-3-12(2,7-15)11(16)8-4-5-9(13)10(14)6-8/h4-6,11,16H,3H2,1-2H3. The lowest BCUT2D eigenvalue weighted by Gasteiger charge is -2.26. The second kappa shape index (κ2) is 5.18. The van der Waals surface area contributed by atoms with E-state index in [1.807, 2.05) is 6.92 Å². The van der Waals surface area contributed by atoms with E-state index in [9.17, 15) is 5.11 Å². The molecule has 1 N–H and O–H groups in total. The third-order valence-electron chi connectivity index (χ3n) is 2.85. The van der Waals surface area contributed by atoms with Gasteiger partial charge in [-0.25, -0.2) is 0 Å². The molecule has 0 aliphatic carbocycles. The molecular weight excluding hydrogens is 289 g/mol. The first-order chi connectivity index (χ1) is 7.44. The Kier molecular flexibility index (Phi) is 4.37. The minimum Gasteiger partial charge on any atom is -0.387 e. The van der Waals surface area contributed by atoms with Crippen molar-refractivity contribution in [3.05, 3.63) is 33.3 Å². The van der Waals surface area contributed by atoms with Gasteiger partial charge in [0.2, 0.25) is 0 Å². The molecule has 0 fully saturated rings. The normalized spacial score (nSPS) is 16.2. The van der Waals surface area contributed by atoms with E-state index < -0.39 is 11.5 Å². The molecule has 1 aromatic rings. The zero-order valence-corrected chi connectivity index (χ0v) is 11.5. The molecule has 0 radical (unpaired) electrons. The number of benzene rings is 1. The maximum atomic E-state index is 10.2. The summed E-state index contributed by atoms with van der Waals surface area (Å²) in [7, 11) is 0. The lowest BCUT2D eigenvalue weighted by molar-refractivity contribution is 0.0722. The Morgan fingerprint density at radius 3 is 2.69 bits per heavy atom. The highest BCUT2D eigenvalue weighted by Gasteiger charge is 2.32. The highest BCUT2D eigenvalue weighted by molar-refractivity contribution is 9.10. The van der Waals surface area contributed by atoms with Crippen molar-refractivity contribution in [2.24, 2.45) is 5.41 Å². The average molecular weight is 303 g/mol. The highest BCUT2D eigenvalue weighted by Crippen LogP contribution is 2.37. The summed E-state index contributed by atoms with van der Waals surface area (Å²) in [5.41, 5.74) is -0.115. The van der Waals surface area contributed by atoms with Gasteiger partial charge in [0.15, 0.2) is 0 Å². The molecular formula is C12H13BrClNO. The fourth-order valence-electron chi connectivity index (χ4n) is 1.38. The van der Waals surface area contributed by atoms with E-state index in [1.165, 1.54) is 0 Å². The molecule has 2 nitrogen and oxygen atoms in total. The lowest BCUT2D eigenvalue weighted by atomic mass is 9.80. The van der Waals surface area contributed by atoms with Crippen molar-refractivity contribution >= 4 is 27.5 Å². The summed E-state index contributed by atoms with van der Waals surface area (Å²) in [6.45, 7) is 3.63. The Hall–Kier alpha value is -0.560. The molecule has 0 aliphatic rings. The fraction of sp³-hybridized carbons (Fsp3) is 0.417. The molecule has 0 aromatic heterocycles. The van der Waals surface area contributed by atoms with Crippen molar-refractivity contribution in [2.45, 2.75) is 26.4 Å². The van der Waals surface area contributed by atoms with Crippen molar-refractivity contribution in [3.63, 3.8) is 0 Å². The van der Waals surface area contributed by atoms with E-state index in [2.05, 4.69) is 22.0 Å². The van der Waals surface area contributed by atoms with Gasteiger partial charge in [-0.3, -0.25) is 0 Å². The topological polar surface area (TPSA) is 44.0 Å². The Balaban J connectivity index is 3.10. The summed E-state index contributed by atoms with van der Waals surface area (Å²) in [4.78, 5) is 0. The number of aliphatic hydroxyl groups is 1. The number of nitriles is 1. The van der Waals surface area contributed by atoms with Gasteiger partial charge >= 0.3 is 0 Å². The van der Waals surface area contributed by atoms with Crippen LogP contribution in [0, 0.1) is 16.7 Å². The van der Waals surface area contributed by atoms with E-state index in [0.717, 1.165) is 4.47 Å². The molecule has 1 rings (SSSR count). The molecule has 2 unspecified atom stereocenters. The van der Waals surface area contributed by atoms with E-state index >= 15 is 0 Å². The van der Waals surface area contributed by atoms with E-state index in [1.54, 1.807) is 25.1 Å². The second-order valence-corrected chi connectivity index (χ2v) is 5.22. The van der Waals surface area contributed by atoms with Crippen LogP contribution in [0.4, 0.5) is 0 Å². The third-order valence-corrected chi connectivity index (χ3v) is 4.09. The van der Waals surface area contributed by atoms with Crippen molar-refractivity contribution in [1.82, 2.24) is 0 Å². The van der Waals surface area contributed by atoms with Crippen molar-refractivity contribution < 1.29 is 5.11 Å². The van der Waals surface area contributed by atoms with Crippen molar-refractivity contribution in [1.29, 1.82) is 5.26 Å². The molecule has 0 saturated carbocycles. The van der Waals surface area contributed by atoms with Gasteiger partial charge in [0.05, 0.1) is 22.6 Å². The summed E-state index contributed by atoms with van der Waals surface area (Å²) >= 11 is 9.24. The Bertz CT molecular complexity index is 430. The number of rotatable bonds is 3. The number of nitrogens with zero attached hydrogens (tertiary/aromatic N) is 1. The molecule has 4 heteroatoms. The Morgan fingerprint density at radius 1 is 1.62 bits per heavy atom. The molecule has 2 atom stereocenters. The molecule has 0 bridgehead atoms. The van der Waals surface area contributed by atoms with Gasteiger partial charge < -0.3 is 5.11 Å². The minimum absolute atomic E-state index is 0.535. The Morgan fingerprint density at radius 2 is 2.25 bits per heavy atom. The zero-order valence-electron chi connectivity index (χ0n) is 9.17. The zero-order chi connectivity index (χ0) is 12.3. The van der Waals surface area contributed by atoms with Crippen LogP contribution in [0.15, 0.2) is 22.7 Å². The van der Waals surface area contributed by atoms with Crippen LogP contribution in [0.2, 0.25) is 5.02 Å². The first-order valence-electron chi connectivity index (χ1n) is 4.99. The van der Waals surface area contributed by atoms with Crippen LogP contribution >= 0.6 is 27.5 Å². The first-order valence-corrected chi connectivity index (χ1v) is 6.16. The van der Waals surface area contributed by atoms with Crippen LogP contribution in [-0.2, 0) is 0 Å². The number of halogens is 2. The predicted octanol–water partition coefficient (Wildman–Crippen LogP) is 4.08. The van der Waals surface area contributed by atoms with Crippen LogP contribution in [0.25, 0.3) is 0 Å². The molecule has 16 heavy (non-hydrogen) atoms. The number of hydrogen-bond acceptors (Lipinski definition) is 2. The molecule has 0 amide bonds. The van der Waals surface area contributed by atoms with Gasteiger partial charge in [0.25, 0.3) is 0 Å². The molecule has 0 spiro atoms. The lowest BCUT2D eigenvalue weighted by Crippen LogP contribution is -2.22. The number of hydrogen-bond donors (Lipinski definition) is 1. The van der Waals surface area contributed by atoms with Crippen LogP contribution in [-0.4, -0.2) is 5.11 Å². The molecule has 1 aromatic carbocycles. The summed E-state index contributed by atoms with van der Waals surface area (Å²) in [6.07, 6.45) is -0.244. The molecule has 0 heterocycles. The second-order valence-electron chi connectivity index (χ2n) is 3.96. The average Bonchev–Trinajstić information content (AvgIpc) is 2.30. The van der Waals surface area contributed by atoms with Crippen molar-refractivity contribution in [3.8, 4) is 6.07 Å². The monoisotopic (exact) mass is 301 g/mol. The highest BCUT2D eigenvalue weighted by atomic mass is 79.9. The molecule has 86 valence electrons. The quantitative estimate of drug-likeness (QED) is 0.914. The van der Waals surface area contributed by atoms with Gasteiger partial charge in [-0.1, -0.05) is 24.6 Å². The predicted molar refractivity (Wildman–Crippen MR) is 68.1 cm³/mol. The summed E-state index contributed by atoms with van der Waals surface area (Å²) in [5.74, 6) is 0. The van der Waals surface area contributed by atoms with Gasteiger partial charge in [0, 0.05) is 4.47 Å². The van der Waals surface area contributed by atoms with E-state index in [4.69, 9.17) is 16.9 Å². The van der Waals surface area contributed by atoms with Crippen LogP contribution in [0.5, 0.6) is 0 Å². The smallest absolute Gasteiger partial charge is 0.0974 e. The van der Waals surface area contributed by atoms with E-state index in [0.29, 0.717) is 17.0 Å². The summed E-state index contributed by atoms with van der Waals surface area (Å²) < 4.78 is 0.778. The maximum absolute atomic E-state index is 10.2. The SMILES string of the molecule is CCC(C)(C#N)C(O)c1ccc(Br)c(Cl)c1.